The number of benzene rings is 1. The van der Waals surface area contributed by atoms with Crippen molar-refractivity contribution in [2.45, 2.75) is 20.0 Å². The van der Waals surface area contributed by atoms with E-state index in [1.807, 2.05) is 38.4 Å². The van der Waals surface area contributed by atoms with Crippen LogP contribution in [0.5, 0.6) is 5.75 Å². The molecule has 3 aromatic heterocycles. The van der Waals surface area contributed by atoms with Crippen LogP contribution >= 0.6 is 11.3 Å². The van der Waals surface area contributed by atoms with E-state index in [0.29, 0.717) is 12.2 Å². The molecule has 0 bridgehead atoms. The van der Waals surface area contributed by atoms with Crippen LogP contribution in [0.3, 0.4) is 0 Å². The van der Waals surface area contributed by atoms with Gasteiger partial charge in [0.2, 0.25) is 0 Å². The molecule has 0 saturated carbocycles. The Hall–Kier alpha value is -2.71. The first kappa shape index (κ1) is 17.7. The molecule has 4 aromatic rings. The topological polar surface area (TPSA) is 64.7 Å². The van der Waals surface area contributed by atoms with E-state index in [2.05, 4.69) is 21.9 Å². The molecule has 4 rings (SSSR count). The standard InChI is InChI=1S/C19H21N5O2S/c1-12-15(10-22(2)3)27-18-16(12)17-20-11-21-24(17)19(25)23(18)9-13-5-7-14(26-4)8-6-13/h5-8,11H,9-10H2,1-4H3. The van der Waals surface area contributed by atoms with Gasteiger partial charge in [-0.3, -0.25) is 4.57 Å². The number of hydrogen-bond donors (Lipinski definition) is 0. The van der Waals surface area contributed by atoms with E-state index in [1.54, 1.807) is 23.0 Å². The van der Waals surface area contributed by atoms with E-state index in [9.17, 15) is 4.79 Å². The Morgan fingerprint density at radius 2 is 1.96 bits per heavy atom. The van der Waals surface area contributed by atoms with E-state index in [1.165, 1.54) is 15.7 Å². The van der Waals surface area contributed by atoms with Gasteiger partial charge in [-0.25, -0.2) is 9.78 Å². The summed E-state index contributed by atoms with van der Waals surface area (Å²) in [5.74, 6) is 0.795. The summed E-state index contributed by atoms with van der Waals surface area (Å²) in [6.07, 6.45) is 1.44. The van der Waals surface area contributed by atoms with Crippen molar-refractivity contribution in [1.82, 2.24) is 24.1 Å². The molecule has 8 heteroatoms. The molecule has 0 fully saturated rings. The molecular formula is C19H21N5O2S. The van der Waals surface area contributed by atoms with Crippen LogP contribution in [0.1, 0.15) is 16.0 Å². The minimum Gasteiger partial charge on any atom is -0.497 e. The van der Waals surface area contributed by atoms with Crippen molar-refractivity contribution in [2.75, 3.05) is 21.2 Å². The van der Waals surface area contributed by atoms with Gasteiger partial charge in [-0.05, 0) is 44.3 Å². The molecule has 0 spiro atoms. The van der Waals surface area contributed by atoms with Crippen LogP contribution in [-0.2, 0) is 13.1 Å². The first-order valence-electron chi connectivity index (χ1n) is 8.61. The number of fused-ring (bicyclic) bond motifs is 3. The quantitative estimate of drug-likeness (QED) is 0.530. The van der Waals surface area contributed by atoms with Gasteiger partial charge < -0.3 is 9.64 Å². The summed E-state index contributed by atoms with van der Waals surface area (Å²) in [5, 5.41) is 5.16. The smallest absolute Gasteiger partial charge is 0.352 e. The predicted octanol–water partition coefficient (Wildman–Crippen LogP) is 2.53. The maximum absolute atomic E-state index is 13.1. The number of aryl methyl sites for hydroxylation is 1. The molecule has 0 radical (unpaired) electrons. The average molecular weight is 383 g/mol. The summed E-state index contributed by atoms with van der Waals surface area (Å²) in [6, 6.07) is 7.76. The number of ether oxygens (including phenoxy) is 1. The lowest BCUT2D eigenvalue weighted by atomic mass is 10.2. The minimum absolute atomic E-state index is 0.177. The first-order valence-corrected chi connectivity index (χ1v) is 9.43. The zero-order chi connectivity index (χ0) is 19.1. The molecule has 27 heavy (non-hydrogen) atoms. The third-order valence-electron chi connectivity index (χ3n) is 4.62. The number of rotatable bonds is 5. The van der Waals surface area contributed by atoms with Gasteiger partial charge in [0.15, 0.2) is 5.65 Å². The van der Waals surface area contributed by atoms with Crippen molar-refractivity contribution < 1.29 is 4.74 Å². The molecule has 0 unspecified atom stereocenters. The van der Waals surface area contributed by atoms with Crippen molar-refractivity contribution >= 4 is 27.2 Å². The Balaban J connectivity index is 1.94. The van der Waals surface area contributed by atoms with E-state index in [-0.39, 0.29) is 5.69 Å². The highest BCUT2D eigenvalue weighted by Gasteiger charge is 2.19. The zero-order valence-corrected chi connectivity index (χ0v) is 16.6. The van der Waals surface area contributed by atoms with E-state index in [0.717, 1.165) is 33.6 Å². The highest BCUT2D eigenvalue weighted by atomic mass is 32.1. The lowest BCUT2D eigenvalue weighted by Gasteiger charge is -2.09. The van der Waals surface area contributed by atoms with Crippen LogP contribution in [0.15, 0.2) is 35.4 Å². The molecule has 0 atom stereocenters. The summed E-state index contributed by atoms with van der Waals surface area (Å²) in [4.78, 5) is 21.7. The highest BCUT2D eigenvalue weighted by molar-refractivity contribution is 7.19. The fourth-order valence-corrected chi connectivity index (χ4v) is 4.65. The van der Waals surface area contributed by atoms with Gasteiger partial charge in [-0.15, -0.1) is 11.3 Å². The summed E-state index contributed by atoms with van der Waals surface area (Å²) >= 11 is 1.65. The third-order valence-corrected chi connectivity index (χ3v) is 5.91. The average Bonchev–Trinajstić information content (AvgIpc) is 3.24. The number of thiophene rings is 1. The lowest BCUT2D eigenvalue weighted by molar-refractivity contribution is 0.406. The fraction of sp³-hybridized carbons (Fsp3) is 0.316. The Bertz CT molecular complexity index is 1170. The first-order chi connectivity index (χ1) is 13.0. The molecule has 0 aliphatic rings. The van der Waals surface area contributed by atoms with Crippen molar-refractivity contribution in [3.63, 3.8) is 0 Å². The maximum Gasteiger partial charge on any atom is 0.352 e. The molecule has 0 saturated heterocycles. The Kier molecular flexibility index (Phi) is 4.45. The molecule has 0 aliphatic carbocycles. The van der Waals surface area contributed by atoms with Crippen molar-refractivity contribution in [2.24, 2.45) is 0 Å². The summed E-state index contributed by atoms with van der Waals surface area (Å²) in [7, 11) is 5.73. The number of methoxy groups -OCH3 is 1. The lowest BCUT2D eigenvalue weighted by Crippen LogP contribution is -2.27. The Morgan fingerprint density at radius 1 is 1.22 bits per heavy atom. The number of aromatic nitrogens is 4. The van der Waals surface area contributed by atoms with Crippen LogP contribution in [-0.4, -0.2) is 45.3 Å². The minimum atomic E-state index is -0.177. The van der Waals surface area contributed by atoms with Gasteiger partial charge in [-0.1, -0.05) is 12.1 Å². The molecule has 1 aromatic carbocycles. The highest BCUT2D eigenvalue weighted by Crippen LogP contribution is 2.33. The number of nitrogens with zero attached hydrogens (tertiary/aromatic N) is 5. The third kappa shape index (κ3) is 3.00. The second kappa shape index (κ2) is 6.79. The SMILES string of the molecule is COc1ccc(Cn2c(=O)n3ncnc3c3c(C)c(CN(C)C)sc32)cc1. The molecule has 7 nitrogen and oxygen atoms in total. The van der Waals surface area contributed by atoms with E-state index >= 15 is 0 Å². The van der Waals surface area contributed by atoms with Gasteiger partial charge in [0.05, 0.1) is 19.0 Å². The van der Waals surface area contributed by atoms with Gasteiger partial charge in [0.1, 0.15) is 16.9 Å². The van der Waals surface area contributed by atoms with Crippen molar-refractivity contribution in [1.29, 1.82) is 0 Å². The van der Waals surface area contributed by atoms with Gasteiger partial charge in [0, 0.05) is 11.4 Å². The summed E-state index contributed by atoms with van der Waals surface area (Å²) in [5.41, 5.74) is 2.63. The number of hydrogen-bond acceptors (Lipinski definition) is 6. The van der Waals surface area contributed by atoms with E-state index in [4.69, 9.17) is 4.74 Å². The predicted molar refractivity (Wildman–Crippen MR) is 107 cm³/mol. The van der Waals surface area contributed by atoms with Crippen molar-refractivity contribution in [3.8, 4) is 5.75 Å². The van der Waals surface area contributed by atoms with Crippen LogP contribution in [0.2, 0.25) is 0 Å². The second-order valence-corrected chi connectivity index (χ2v) is 7.86. The zero-order valence-electron chi connectivity index (χ0n) is 15.8. The fourth-order valence-electron chi connectivity index (χ4n) is 3.24. The maximum atomic E-state index is 13.1. The molecule has 3 heterocycles. The van der Waals surface area contributed by atoms with Crippen LogP contribution in [0.25, 0.3) is 15.9 Å². The van der Waals surface area contributed by atoms with Crippen LogP contribution in [0.4, 0.5) is 0 Å². The Morgan fingerprint density at radius 3 is 2.63 bits per heavy atom. The largest absolute Gasteiger partial charge is 0.497 e. The normalized spacial score (nSPS) is 11.7. The van der Waals surface area contributed by atoms with Crippen LogP contribution < -0.4 is 10.4 Å². The van der Waals surface area contributed by atoms with Gasteiger partial charge in [0.25, 0.3) is 0 Å². The molecule has 0 N–H and O–H groups in total. The molecule has 0 amide bonds. The van der Waals surface area contributed by atoms with E-state index < -0.39 is 0 Å². The molecule has 140 valence electrons. The molecule has 0 aliphatic heterocycles. The molecular weight excluding hydrogens is 362 g/mol. The second-order valence-electron chi connectivity index (χ2n) is 6.78. The summed E-state index contributed by atoms with van der Waals surface area (Å²) < 4.78 is 8.40. The van der Waals surface area contributed by atoms with Gasteiger partial charge in [-0.2, -0.15) is 9.61 Å². The summed E-state index contributed by atoms with van der Waals surface area (Å²) in [6.45, 7) is 3.38. The van der Waals surface area contributed by atoms with Crippen molar-refractivity contribution in [3.05, 3.63) is 57.1 Å². The van der Waals surface area contributed by atoms with Gasteiger partial charge >= 0.3 is 5.69 Å². The monoisotopic (exact) mass is 383 g/mol. The Labute approximate surface area is 160 Å². The van der Waals surface area contributed by atoms with Crippen LogP contribution in [0, 0.1) is 6.92 Å².